The number of aliphatic hydroxyl groups is 1. The molecule has 1 amide bonds. The highest BCUT2D eigenvalue weighted by Crippen LogP contribution is 2.31. The van der Waals surface area contributed by atoms with Crippen molar-refractivity contribution in [2.45, 2.75) is 51.6 Å². The molecule has 2 aromatic rings. The first-order valence-corrected chi connectivity index (χ1v) is 8.55. The molecule has 1 unspecified atom stereocenters. The average Bonchev–Trinajstić information content (AvgIpc) is 3.03. The van der Waals surface area contributed by atoms with E-state index < -0.39 is 23.8 Å². The van der Waals surface area contributed by atoms with Crippen LogP contribution in [0.25, 0.3) is 0 Å². The summed E-state index contributed by atoms with van der Waals surface area (Å²) in [5.41, 5.74) is -1.19. The molecule has 9 heteroatoms. The van der Waals surface area contributed by atoms with Gasteiger partial charge in [-0.1, -0.05) is 32.9 Å². The zero-order chi connectivity index (χ0) is 20.0. The Morgan fingerprint density at radius 2 is 1.89 bits per heavy atom. The first-order valence-electron chi connectivity index (χ1n) is 8.55. The van der Waals surface area contributed by atoms with E-state index in [-0.39, 0.29) is 17.5 Å². The number of alkyl halides is 3. The van der Waals surface area contributed by atoms with Crippen molar-refractivity contribution in [1.29, 1.82) is 0 Å². The van der Waals surface area contributed by atoms with Crippen LogP contribution in [0.3, 0.4) is 0 Å². The van der Waals surface area contributed by atoms with Crippen LogP contribution in [-0.4, -0.2) is 37.2 Å². The maximum Gasteiger partial charge on any atom is 0.416 e. The van der Waals surface area contributed by atoms with Gasteiger partial charge in [-0.25, -0.2) is 0 Å². The Labute approximate surface area is 154 Å². The highest BCUT2D eigenvalue weighted by molar-refractivity contribution is 5.82. The van der Waals surface area contributed by atoms with E-state index in [0.717, 1.165) is 18.0 Å². The normalized spacial score (nSPS) is 16.2. The second-order valence-corrected chi connectivity index (χ2v) is 7.63. The summed E-state index contributed by atoms with van der Waals surface area (Å²) in [6.07, 6.45) is -6.20. The van der Waals surface area contributed by atoms with Crippen LogP contribution in [0.2, 0.25) is 0 Å². The van der Waals surface area contributed by atoms with Gasteiger partial charge in [-0.3, -0.25) is 4.79 Å². The lowest BCUT2D eigenvalue weighted by molar-refractivity contribution is -0.143. The SMILES string of the molecule is CC(C)(C)c1nnc2n1CCN(C(=O)C(O)c1cccc(C(F)(F)F)c1)C2. The fourth-order valence-electron chi connectivity index (χ4n) is 3.10. The number of carbonyl (C=O) groups is 1. The van der Waals surface area contributed by atoms with Gasteiger partial charge in [-0.2, -0.15) is 13.2 Å². The van der Waals surface area contributed by atoms with Gasteiger partial charge in [-0.15, -0.1) is 10.2 Å². The third kappa shape index (κ3) is 3.83. The van der Waals surface area contributed by atoms with Crippen LogP contribution in [0.5, 0.6) is 0 Å². The highest BCUT2D eigenvalue weighted by Gasteiger charge is 2.34. The summed E-state index contributed by atoms with van der Waals surface area (Å²) >= 11 is 0. The van der Waals surface area contributed by atoms with E-state index in [9.17, 15) is 23.1 Å². The van der Waals surface area contributed by atoms with Crippen molar-refractivity contribution in [3.05, 3.63) is 47.0 Å². The van der Waals surface area contributed by atoms with E-state index in [4.69, 9.17) is 0 Å². The van der Waals surface area contributed by atoms with Crippen LogP contribution in [0.4, 0.5) is 13.2 Å². The van der Waals surface area contributed by atoms with Crippen molar-refractivity contribution in [2.75, 3.05) is 6.54 Å². The molecule has 0 saturated carbocycles. The van der Waals surface area contributed by atoms with E-state index in [1.807, 2.05) is 25.3 Å². The Bertz CT molecular complexity index is 855. The molecule has 6 nitrogen and oxygen atoms in total. The lowest BCUT2D eigenvalue weighted by Crippen LogP contribution is -2.41. The molecule has 146 valence electrons. The summed E-state index contributed by atoms with van der Waals surface area (Å²) in [7, 11) is 0. The molecule has 0 bridgehead atoms. The number of amides is 1. The smallest absolute Gasteiger partial charge is 0.378 e. The fraction of sp³-hybridized carbons (Fsp3) is 0.500. The highest BCUT2D eigenvalue weighted by atomic mass is 19.4. The van der Waals surface area contributed by atoms with Crippen molar-refractivity contribution >= 4 is 5.91 Å². The second kappa shape index (κ2) is 6.63. The minimum absolute atomic E-state index is 0.0859. The molecule has 0 spiro atoms. The molecule has 0 aliphatic carbocycles. The standard InChI is InChI=1S/C18H21F3N4O2/c1-17(2,3)16-23-22-13-10-24(7-8-25(13)16)15(27)14(26)11-5-4-6-12(9-11)18(19,20)21/h4-6,9,14,26H,7-8,10H2,1-3H3. The zero-order valence-corrected chi connectivity index (χ0v) is 15.3. The third-order valence-corrected chi connectivity index (χ3v) is 4.50. The van der Waals surface area contributed by atoms with Crippen molar-refractivity contribution < 1.29 is 23.1 Å². The molecule has 1 aliphatic rings. The molecular weight excluding hydrogens is 361 g/mol. The van der Waals surface area contributed by atoms with Gasteiger partial charge in [0, 0.05) is 18.5 Å². The summed E-state index contributed by atoms with van der Waals surface area (Å²) in [5, 5.41) is 18.6. The minimum Gasteiger partial charge on any atom is -0.378 e. The van der Waals surface area contributed by atoms with Gasteiger partial charge in [0.15, 0.2) is 11.9 Å². The largest absolute Gasteiger partial charge is 0.416 e. The summed E-state index contributed by atoms with van der Waals surface area (Å²) in [6, 6.07) is 4.18. The maximum atomic E-state index is 12.9. The number of rotatable bonds is 2. The maximum absolute atomic E-state index is 12.9. The summed E-state index contributed by atoms with van der Waals surface area (Å²) in [5.74, 6) is 0.750. The van der Waals surface area contributed by atoms with Crippen molar-refractivity contribution in [2.24, 2.45) is 0 Å². The van der Waals surface area contributed by atoms with Crippen LogP contribution >= 0.6 is 0 Å². The van der Waals surface area contributed by atoms with Crippen molar-refractivity contribution in [1.82, 2.24) is 19.7 Å². The average molecular weight is 382 g/mol. The number of aliphatic hydroxyl groups excluding tert-OH is 1. The summed E-state index contributed by atoms with van der Waals surface area (Å²) in [4.78, 5) is 14.0. The van der Waals surface area contributed by atoms with E-state index >= 15 is 0 Å². The Morgan fingerprint density at radius 3 is 2.52 bits per heavy atom. The Kier molecular flexibility index (Phi) is 4.75. The minimum atomic E-state index is -4.54. The number of fused-ring (bicyclic) bond motifs is 1. The molecule has 27 heavy (non-hydrogen) atoms. The summed E-state index contributed by atoms with van der Waals surface area (Å²) < 4.78 is 40.5. The number of nitrogens with zero attached hydrogens (tertiary/aromatic N) is 4. The molecular formula is C18H21F3N4O2. The van der Waals surface area contributed by atoms with Crippen LogP contribution < -0.4 is 0 Å². The predicted molar refractivity (Wildman–Crippen MR) is 90.5 cm³/mol. The van der Waals surface area contributed by atoms with Gasteiger partial charge < -0.3 is 14.6 Å². The molecule has 2 heterocycles. The lowest BCUT2D eigenvalue weighted by atomic mass is 9.95. The molecule has 1 aromatic carbocycles. The van der Waals surface area contributed by atoms with Gasteiger partial charge >= 0.3 is 6.18 Å². The predicted octanol–water partition coefficient (Wildman–Crippen LogP) is 2.67. The van der Waals surface area contributed by atoms with Crippen LogP contribution in [0.15, 0.2) is 24.3 Å². The quantitative estimate of drug-likeness (QED) is 0.867. The molecule has 1 atom stereocenters. The van der Waals surface area contributed by atoms with E-state index in [2.05, 4.69) is 10.2 Å². The van der Waals surface area contributed by atoms with Gasteiger partial charge in [0.1, 0.15) is 5.82 Å². The molecule has 1 aliphatic heterocycles. The number of halogens is 3. The molecule has 0 fully saturated rings. The molecule has 1 aromatic heterocycles. The van der Waals surface area contributed by atoms with Crippen molar-refractivity contribution in [3.63, 3.8) is 0 Å². The molecule has 3 rings (SSSR count). The number of benzene rings is 1. The first kappa shape index (κ1) is 19.3. The molecule has 0 radical (unpaired) electrons. The van der Waals surface area contributed by atoms with Crippen LogP contribution in [0.1, 0.15) is 49.7 Å². The van der Waals surface area contributed by atoms with Gasteiger partial charge in [0.05, 0.1) is 12.1 Å². The number of hydrogen-bond donors (Lipinski definition) is 1. The van der Waals surface area contributed by atoms with Gasteiger partial charge in [0.2, 0.25) is 0 Å². The van der Waals surface area contributed by atoms with Gasteiger partial charge in [0.25, 0.3) is 5.91 Å². The number of carbonyl (C=O) groups excluding carboxylic acids is 1. The zero-order valence-electron chi connectivity index (χ0n) is 15.3. The fourth-order valence-corrected chi connectivity index (χ4v) is 3.10. The molecule has 0 saturated heterocycles. The second-order valence-electron chi connectivity index (χ2n) is 7.63. The van der Waals surface area contributed by atoms with Gasteiger partial charge in [-0.05, 0) is 17.7 Å². The number of hydrogen-bond acceptors (Lipinski definition) is 4. The van der Waals surface area contributed by atoms with E-state index in [1.165, 1.54) is 17.0 Å². The monoisotopic (exact) mass is 382 g/mol. The lowest BCUT2D eigenvalue weighted by Gasteiger charge is -2.31. The van der Waals surface area contributed by atoms with Crippen molar-refractivity contribution in [3.8, 4) is 0 Å². The number of aromatic nitrogens is 3. The van der Waals surface area contributed by atoms with Crippen LogP contribution in [0, 0.1) is 0 Å². The third-order valence-electron chi connectivity index (χ3n) is 4.50. The van der Waals surface area contributed by atoms with E-state index in [1.54, 1.807) is 0 Å². The van der Waals surface area contributed by atoms with Crippen LogP contribution in [-0.2, 0) is 29.5 Å². The first-order chi connectivity index (χ1) is 12.5. The Hall–Kier alpha value is -2.42. The summed E-state index contributed by atoms with van der Waals surface area (Å²) in [6.45, 7) is 6.98. The van der Waals surface area contributed by atoms with E-state index in [0.29, 0.717) is 18.9 Å². The Balaban J connectivity index is 1.78. The molecule has 1 N–H and O–H groups in total. The Morgan fingerprint density at radius 1 is 1.19 bits per heavy atom. The topological polar surface area (TPSA) is 71.2 Å².